The van der Waals surface area contributed by atoms with Crippen molar-refractivity contribution >= 4 is 0 Å². The molecule has 0 fully saturated rings. The molecule has 0 aliphatic rings. The van der Waals surface area contributed by atoms with Gasteiger partial charge >= 0.3 is 6.18 Å². The highest BCUT2D eigenvalue weighted by atomic mass is 19.4. The molecule has 1 heterocycles. The number of oxazole rings is 1. The van der Waals surface area contributed by atoms with Crippen molar-refractivity contribution in [3.63, 3.8) is 0 Å². The van der Waals surface area contributed by atoms with Gasteiger partial charge in [0.1, 0.15) is 6.26 Å². The Morgan fingerprint density at radius 3 is 2.48 bits per heavy atom. The SMILES string of the molecule is CN(CCO)Cc1coc(-c2ccc(C(F)(F)F)cc2)n1. The van der Waals surface area contributed by atoms with E-state index < -0.39 is 11.7 Å². The third-order valence-corrected chi connectivity index (χ3v) is 2.92. The van der Waals surface area contributed by atoms with Crippen LogP contribution in [0.4, 0.5) is 13.2 Å². The maximum absolute atomic E-state index is 12.5. The Morgan fingerprint density at radius 2 is 1.90 bits per heavy atom. The number of aromatic nitrogens is 1. The summed E-state index contributed by atoms with van der Waals surface area (Å²) in [4.78, 5) is 6.08. The fourth-order valence-corrected chi connectivity index (χ4v) is 1.84. The van der Waals surface area contributed by atoms with Gasteiger partial charge in [-0.3, -0.25) is 4.90 Å². The molecule has 0 saturated carbocycles. The summed E-state index contributed by atoms with van der Waals surface area (Å²) in [5, 5.41) is 8.81. The van der Waals surface area contributed by atoms with Gasteiger partial charge in [-0.1, -0.05) is 0 Å². The molecule has 0 unspecified atom stereocenters. The number of aliphatic hydroxyl groups excluding tert-OH is 1. The van der Waals surface area contributed by atoms with Gasteiger partial charge in [0.2, 0.25) is 5.89 Å². The average Bonchev–Trinajstić information content (AvgIpc) is 2.86. The first-order valence-electron chi connectivity index (χ1n) is 6.31. The van der Waals surface area contributed by atoms with Gasteiger partial charge in [-0.25, -0.2) is 4.98 Å². The predicted molar refractivity (Wildman–Crippen MR) is 70.4 cm³/mol. The summed E-state index contributed by atoms with van der Waals surface area (Å²) in [5.41, 5.74) is 0.431. The van der Waals surface area contributed by atoms with Crippen molar-refractivity contribution < 1.29 is 22.7 Å². The van der Waals surface area contributed by atoms with E-state index in [0.717, 1.165) is 12.1 Å². The monoisotopic (exact) mass is 300 g/mol. The molecule has 7 heteroatoms. The van der Waals surface area contributed by atoms with Crippen molar-refractivity contribution in [2.45, 2.75) is 12.7 Å². The minimum Gasteiger partial charge on any atom is -0.444 e. The van der Waals surface area contributed by atoms with Crippen molar-refractivity contribution in [2.24, 2.45) is 0 Å². The molecule has 2 aromatic rings. The molecule has 4 nitrogen and oxygen atoms in total. The lowest BCUT2D eigenvalue weighted by Crippen LogP contribution is -2.21. The number of hydrogen-bond donors (Lipinski definition) is 1. The highest BCUT2D eigenvalue weighted by molar-refractivity contribution is 5.53. The zero-order valence-electron chi connectivity index (χ0n) is 11.4. The topological polar surface area (TPSA) is 49.5 Å². The normalized spacial score (nSPS) is 12.1. The Kier molecular flexibility index (Phi) is 4.64. The second kappa shape index (κ2) is 6.28. The van der Waals surface area contributed by atoms with E-state index in [1.54, 1.807) is 0 Å². The number of likely N-dealkylation sites (N-methyl/N-ethyl adjacent to an activating group) is 1. The van der Waals surface area contributed by atoms with Crippen molar-refractivity contribution in [3.05, 3.63) is 41.8 Å². The molecule has 0 aliphatic heterocycles. The summed E-state index contributed by atoms with van der Waals surface area (Å²) < 4.78 is 42.7. The lowest BCUT2D eigenvalue weighted by Gasteiger charge is -2.12. The summed E-state index contributed by atoms with van der Waals surface area (Å²) in [6, 6.07) is 4.65. The third kappa shape index (κ3) is 4.05. The number of rotatable bonds is 5. The van der Waals surface area contributed by atoms with Crippen LogP contribution in [0.15, 0.2) is 34.9 Å². The van der Waals surface area contributed by atoms with Crippen LogP contribution in [0.25, 0.3) is 11.5 Å². The van der Waals surface area contributed by atoms with E-state index in [0.29, 0.717) is 24.3 Å². The van der Waals surface area contributed by atoms with Gasteiger partial charge < -0.3 is 9.52 Å². The molecule has 0 spiro atoms. The number of hydrogen-bond acceptors (Lipinski definition) is 4. The average molecular weight is 300 g/mol. The van der Waals surface area contributed by atoms with Crippen LogP contribution < -0.4 is 0 Å². The predicted octanol–water partition coefficient (Wildman–Crippen LogP) is 2.78. The van der Waals surface area contributed by atoms with Crippen molar-refractivity contribution in [2.75, 3.05) is 20.2 Å². The van der Waals surface area contributed by atoms with Crippen molar-refractivity contribution in [1.82, 2.24) is 9.88 Å². The molecule has 1 aromatic carbocycles. The van der Waals surface area contributed by atoms with Gasteiger partial charge in [0, 0.05) is 18.7 Å². The summed E-state index contributed by atoms with van der Waals surface area (Å²) >= 11 is 0. The van der Waals surface area contributed by atoms with E-state index in [9.17, 15) is 13.2 Å². The van der Waals surface area contributed by atoms with Gasteiger partial charge in [0.05, 0.1) is 17.9 Å². The fraction of sp³-hybridized carbons (Fsp3) is 0.357. The van der Waals surface area contributed by atoms with Crippen LogP contribution in [0.5, 0.6) is 0 Å². The lowest BCUT2D eigenvalue weighted by molar-refractivity contribution is -0.137. The molecule has 1 aromatic heterocycles. The Bertz CT molecular complexity index is 579. The Hall–Kier alpha value is -1.86. The van der Waals surface area contributed by atoms with Crippen LogP contribution in [-0.2, 0) is 12.7 Å². The van der Waals surface area contributed by atoms with Crippen LogP contribution in [0.1, 0.15) is 11.3 Å². The number of benzene rings is 1. The van der Waals surface area contributed by atoms with E-state index in [2.05, 4.69) is 4.98 Å². The second-order valence-electron chi connectivity index (χ2n) is 4.68. The molecular weight excluding hydrogens is 285 g/mol. The standard InChI is InChI=1S/C14H15F3N2O2/c1-19(6-7-20)8-12-9-21-13(18-12)10-2-4-11(5-3-10)14(15,16)17/h2-5,9,20H,6-8H2,1H3. The highest BCUT2D eigenvalue weighted by Gasteiger charge is 2.30. The minimum atomic E-state index is -4.35. The van der Waals surface area contributed by atoms with Crippen molar-refractivity contribution in [3.8, 4) is 11.5 Å². The third-order valence-electron chi connectivity index (χ3n) is 2.92. The first-order valence-corrected chi connectivity index (χ1v) is 6.31. The van der Waals surface area contributed by atoms with E-state index in [-0.39, 0.29) is 12.5 Å². The Balaban J connectivity index is 2.11. The molecule has 0 atom stereocenters. The number of halogens is 3. The van der Waals surface area contributed by atoms with E-state index in [1.807, 2.05) is 11.9 Å². The Labute approximate surface area is 119 Å². The zero-order chi connectivity index (χ0) is 15.5. The lowest BCUT2D eigenvalue weighted by atomic mass is 10.1. The van der Waals surface area contributed by atoms with E-state index in [1.165, 1.54) is 18.4 Å². The summed E-state index contributed by atoms with van der Waals surface area (Å²) in [7, 11) is 1.82. The summed E-state index contributed by atoms with van der Waals surface area (Å²) in [5.74, 6) is 0.274. The minimum absolute atomic E-state index is 0.0418. The quantitative estimate of drug-likeness (QED) is 0.922. The van der Waals surface area contributed by atoms with Crippen LogP contribution in [0.2, 0.25) is 0 Å². The van der Waals surface area contributed by atoms with Crippen LogP contribution in [-0.4, -0.2) is 35.2 Å². The number of nitrogens with zero attached hydrogens (tertiary/aromatic N) is 2. The van der Waals surface area contributed by atoms with Crippen molar-refractivity contribution in [1.29, 1.82) is 0 Å². The molecule has 0 bridgehead atoms. The number of alkyl halides is 3. The molecule has 1 N–H and O–H groups in total. The van der Waals surface area contributed by atoms with Gasteiger partial charge in [-0.05, 0) is 31.3 Å². The summed E-state index contributed by atoms with van der Waals surface area (Å²) in [6.45, 7) is 1.04. The first-order chi connectivity index (χ1) is 9.90. The largest absolute Gasteiger partial charge is 0.444 e. The van der Waals surface area contributed by atoms with Crippen LogP contribution in [0.3, 0.4) is 0 Å². The number of aliphatic hydroxyl groups is 1. The molecule has 0 aliphatic carbocycles. The highest BCUT2D eigenvalue weighted by Crippen LogP contribution is 2.30. The van der Waals surface area contributed by atoms with E-state index in [4.69, 9.17) is 9.52 Å². The molecular formula is C14H15F3N2O2. The Morgan fingerprint density at radius 1 is 1.24 bits per heavy atom. The molecule has 114 valence electrons. The van der Waals surface area contributed by atoms with Crippen LogP contribution in [0, 0.1) is 0 Å². The smallest absolute Gasteiger partial charge is 0.416 e. The maximum atomic E-state index is 12.5. The summed E-state index contributed by atoms with van der Waals surface area (Å²) in [6.07, 6.45) is -2.89. The van der Waals surface area contributed by atoms with Gasteiger partial charge in [0.25, 0.3) is 0 Å². The molecule has 2 rings (SSSR count). The zero-order valence-corrected chi connectivity index (χ0v) is 11.4. The maximum Gasteiger partial charge on any atom is 0.416 e. The van der Waals surface area contributed by atoms with Gasteiger partial charge in [0.15, 0.2) is 0 Å². The van der Waals surface area contributed by atoms with Crippen LogP contribution >= 0.6 is 0 Å². The van der Waals surface area contributed by atoms with E-state index >= 15 is 0 Å². The molecule has 0 saturated heterocycles. The molecule has 0 radical (unpaired) electrons. The van der Waals surface area contributed by atoms with Gasteiger partial charge in [-0.2, -0.15) is 13.2 Å². The first kappa shape index (κ1) is 15.5. The molecule has 0 amide bonds. The molecule has 21 heavy (non-hydrogen) atoms. The fourth-order valence-electron chi connectivity index (χ4n) is 1.84. The van der Waals surface area contributed by atoms with Gasteiger partial charge in [-0.15, -0.1) is 0 Å². The second-order valence-corrected chi connectivity index (χ2v) is 4.68.